The number of rotatable bonds is 8. The second-order valence-corrected chi connectivity index (χ2v) is 9.34. The molecule has 0 saturated heterocycles. The molecule has 2 aromatic heterocycles. The van der Waals surface area contributed by atoms with Crippen molar-refractivity contribution in [2.24, 2.45) is 5.41 Å². The fourth-order valence-electron chi connectivity index (χ4n) is 4.30. The van der Waals surface area contributed by atoms with Crippen LogP contribution in [0.5, 0.6) is 0 Å². The van der Waals surface area contributed by atoms with Gasteiger partial charge < -0.3 is 13.9 Å². The molecule has 33 heavy (non-hydrogen) atoms. The topological polar surface area (TPSA) is 58.7 Å². The largest absolute Gasteiger partial charge is 0.467 e. The molecule has 0 fully saturated rings. The lowest BCUT2D eigenvalue weighted by molar-refractivity contribution is -0.142. The van der Waals surface area contributed by atoms with E-state index in [1.807, 2.05) is 68.6 Å². The number of furan rings is 1. The third kappa shape index (κ3) is 4.32. The first-order valence-electron chi connectivity index (χ1n) is 11.4. The summed E-state index contributed by atoms with van der Waals surface area (Å²) in [4.78, 5) is 30.6. The van der Waals surface area contributed by atoms with Crippen LogP contribution in [-0.4, -0.2) is 40.3 Å². The van der Waals surface area contributed by atoms with Crippen molar-refractivity contribution in [3.63, 3.8) is 0 Å². The van der Waals surface area contributed by atoms with Gasteiger partial charge in [-0.25, -0.2) is 0 Å². The molecule has 174 valence electrons. The molecule has 0 saturated carbocycles. The molecule has 1 aliphatic rings. The number of anilines is 1. The van der Waals surface area contributed by atoms with E-state index in [2.05, 4.69) is 11.5 Å². The van der Waals surface area contributed by atoms with Crippen molar-refractivity contribution in [3.05, 3.63) is 72.4 Å². The molecule has 0 radical (unpaired) electrons. The van der Waals surface area contributed by atoms with Crippen LogP contribution < -0.4 is 4.90 Å². The minimum atomic E-state index is -0.746. The second-order valence-electron chi connectivity index (χ2n) is 9.07. The summed E-state index contributed by atoms with van der Waals surface area (Å²) in [7, 11) is 0. The molecule has 6 nitrogen and oxygen atoms in total. The summed E-state index contributed by atoms with van der Waals surface area (Å²) in [6.45, 7) is 6.20. The van der Waals surface area contributed by atoms with E-state index in [0.29, 0.717) is 12.3 Å². The van der Waals surface area contributed by atoms with Crippen molar-refractivity contribution >= 4 is 29.1 Å². The van der Waals surface area contributed by atoms with Crippen molar-refractivity contribution in [1.82, 2.24) is 9.47 Å². The molecule has 1 aromatic carbocycles. The van der Waals surface area contributed by atoms with E-state index >= 15 is 0 Å². The summed E-state index contributed by atoms with van der Waals surface area (Å²) in [5, 5.41) is 0. The Morgan fingerprint density at radius 2 is 1.85 bits per heavy atom. The lowest BCUT2D eigenvalue weighted by Crippen LogP contribution is -2.50. The van der Waals surface area contributed by atoms with Gasteiger partial charge in [-0.15, -0.1) is 11.6 Å². The Bertz CT molecular complexity index is 1120. The molecule has 0 spiro atoms. The van der Waals surface area contributed by atoms with Gasteiger partial charge in [0.15, 0.2) is 0 Å². The number of carbonyl (C=O) groups is 2. The number of unbranched alkanes of at least 4 members (excludes halogenated alkanes) is 1. The van der Waals surface area contributed by atoms with Crippen LogP contribution in [0, 0.1) is 5.41 Å². The minimum absolute atomic E-state index is 0.0224. The zero-order valence-electron chi connectivity index (χ0n) is 19.3. The summed E-state index contributed by atoms with van der Waals surface area (Å²) < 4.78 is 7.86. The van der Waals surface area contributed by atoms with Crippen molar-refractivity contribution in [3.8, 4) is 5.69 Å². The number of amides is 2. The van der Waals surface area contributed by atoms with E-state index in [9.17, 15) is 9.59 Å². The summed E-state index contributed by atoms with van der Waals surface area (Å²) in [6, 6.07) is 15.1. The van der Waals surface area contributed by atoms with E-state index in [0.717, 1.165) is 29.9 Å². The summed E-state index contributed by atoms with van der Waals surface area (Å²) in [5.74, 6) is 0.594. The lowest BCUT2D eigenvalue weighted by atomic mass is 9.94. The number of aromatic nitrogens is 1. The molecule has 1 atom stereocenters. The van der Waals surface area contributed by atoms with Crippen LogP contribution in [0.3, 0.4) is 0 Å². The molecular weight excluding hydrogens is 438 g/mol. The monoisotopic (exact) mass is 467 g/mol. The first kappa shape index (κ1) is 23.2. The number of hydrogen-bond donors (Lipinski definition) is 0. The van der Waals surface area contributed by atoms with Crippen LogP contribution in [-0.2, 0) is 9.59 Å². The molecule has 0 bridgehead atoms. The maximum atomic E-state index is 13.9. The molecule has 0 aliphatic carbocycles. The van der Waals surface area contributed by atoms with Crippen LogP contribution in [0.15, 0.2) is 65.4 Å². The van der Waals surface area contributed by atoms with Gasteiger partial charge in [-0.3, -0.25) is 14.5 Å². The van der Waals surface area contributed by atoms with Gasteiger partial charge in [0.1, 0.15) is 18.3 Å². The van der Waals surface area contributed by atoms with Crippen molar-refractivity contribution < 1.29 is 14.0 Å². The highest BCUT2D eigenvalue weighted by Gasteiger charge is 2.39. The molecule has 7 heteroatoms. The summed E-state index contributed by atoms with van der Waals surface area (Å²) >= 11 is 6.09. The highest BCUT2D eigenvalue weighted by molar-refractivity contribution is 6.20. The maximum absolute atomic E-state index is 13.9. The van der Waals surface area contributed by atoms with Gasteiger partial charge in [-0.1, -0.05) is 25.5 Å². The number of fused-ring (bicyclic) bond motifs is 3. The standard InChI is InChI=1S/C26H30ClN3O3/c1-4-5-14-28(25(32)26(2,3)18-27)17-23(31)30-20-11-7-6-10-19(20)29-15-8-12-21(29)24(30)22-13-9-16-33-22/h6-13,15-16,24H,4-5,14,17-18H2,1-3H3. The quantitative estimate of drug-likeness (QED) is 0.417. The van der Waals surface area contributed by atoms with Crippen LogP contribution in [0.25, 0.3) is 5.69 Å². The molecule has 1 unspecified atom stereocenters. The first-order valence-corrected chi connectivity index (χ1v) is 11.9. The Hall–Kier alpha value is -2.99. The van der Waals surface area contributed by atoms with E-state index in [1.165, 1.54) is 0 Å². The molecular formula is C26H30ClN3O3. The van der Waals surface area contributed by atoms with Gasteiger partial charge in [0.2, 0.25) is 11.8 Å². The zero-order chi connectivity index (χ0) is 23.6. The lowest BCUT2D eigenvalue weighted by Gasteiger charge is -2.39. The number of halogens is 1. The molecule has 3 aromatic rings. The van der Waals surface area contributed by atoms with Crippen LogP contribution in [0.4, 0.5) is 5.69 Å². The predicted molar refractivity (Wildman–Crippen MR) is 130 cm³/mol. The third-order valence-corrected chi connectivity index (χ3v) is 6.78. The zero-order valence-corrected chi connectivity index (χ0v) is 20.1. The van der Waals surface area contributed by atoms with Gasteiger partial charge in [0.05, 0.1) is 28.7 Å². The highest BCUT2D eigenvalue weighted by Crippen LogP contribution is 2.42. The smallest absolute Gasteiger partial charge is 0.247 e. The number of alkyl halides is 1. The van der Waals surface area contributed by atoms with E-state index in [4.69, 9.17) is 16.0 Å². The fourth-order valence-corrected chi connectivity index (χ4v) is 4.42. The summed E-state index contributed by atoms with van der Waals surface area (Å²) in [5.41, 5.74) is 1.89. The van der Waals surface area contributed by atoms with Gasteiger partial charge in [0, 0.05) is 18.6 Å². The van der Waals surface area contributed by atoms with Crippen LogP contribution in [0.1, 0.15) is 51.1 Å². The average Bonchev–Trinajstić information content (AvgIpc) is 3.52. The average molecular weight is 468 g/mol. The normalized spacial score (nSPS) is 15.2. The van der Waals surface area contributed by atoms with Crippen LogP contribution >= 0.6 is 11.6 Å². The minimum Gasteiger partial charge on any atom is -0.467 e. The number of hydrogen-bond acceptors (Lipinski definition) is 3. The Kier molecular flexibility index (Phi) is 6.66. The number of benzene rings is 1. The van der Waals surface area contributed by atoms with E-state index in [1.54, 1.807) is 16.1 Å². The Morgan fingerprint density at radius 1 is 1.09 bits per heavy atom. The Balaban J connectivity index is 1.75. The number of para-hydroxylation sites is 2. The van der Waals surface area contributed by atoms with Crippen molar-refractivity contribution in [2.45, 2.75) is 39.7 Å². The number of carbonyl (C=O) groups excluding carboxylic acids is 2. The second kappa shape index (κ2) is 9.48. The van der Waals surface area contributed by atoms with Gasteiger partial charge in [0.25, 0.3) is 0 Å². The first-order chi connectivity index (χ1) is 15.9. The number of nitrogens with zero attached hydrogens (tertiary/aromatic N) is 3. The van der Waals surface area contributed by atoms with Crippen LogP contribution in [0.2, 0.25) is 0 Å². The Morgan fingerprint density at radius 3 is 2.52 bits per heavy atom. The maximum Gasteiger partial charge on any atom is 0.247 e. The van der Waals surface area contributed by atoms with Gasteiger partial charge in [-0.05, 0) is 56.7 Å². The predicted octanol–water partition coefficient (Wildman–Crippen LogP) is 5.40. The molecule has 2 amide bonds. The van der Waals surface area contributed by atoms with E-state index in [-0.39, 0.29) is 24.2 Å². The Labute approximate surface area is 199 Å². The molecule has 1 aliphatic heterocycles. The van der Waals surface area contributed by atoms with Gasteiger partial charge in [-0.2, -0.15) is 0 Å². The van der Waals surface area contributed by atoms with Crippen molar-refractivity contribution in [2.75, 3.05) is 23.9 Å². The highest BCUT2D eigenvalue weighted by atomic mass is 35.5. The molecule has 0 N–H and O–H groups in total. The summed E-state index contributed by atoms with van der Waals surface area (Å²) in [6.07, 6.45) is 5.35. The fraction of sp³-hybridized carbons (Fsp3) is 0.385. The molecule has 4 rings (SSSR count). The van der Waals surface area contributed by atoms with E-state index < -0.39 is 11.5 Å². The van der Waals surface area contributed by atoms with Gasteiger partial charge >= 0.3 is 0 Å². The van der Waals surface area contributed by atoms with Crippen molar-refractivity contribution in [1.29, 1.82) is 0 Å². The SMILES string of the molecule is CCCCN(CC(=O)N1c2ccccc2-n2cccc2C1c1ccco1)C(=O)C(C)(C)CCl. The molecule has 3 heterocycles. The third-order valence-electron chi connectivity index (χ3n) is 6.11.